The first-order chi connectivity index (χ1) is 6.58. The molecule has 1 heterocycles. The molecule has 0 atom stereocenters. The number of H-pyrrole nitrogens is 2. The van der Waals surface area contributed by atoms with Crippen molar-refractivity contribution in [3.05, 3.63) is 32.6 Å². The SMILES string of the molecule is O=C(O)CN=Cc1cc(=O)[nH]c(=O)[nH]1. The van der Waals surface area contributed by atoms with Gasteiger partial charge in [0.15, 0.2) is 0 Å². The molecule has 14 heavy (non-hydrogen) atoms. The predicted octanol–water partition coefficient (Wildman–Crippen LogP) is -1.43. The van der Waals surface area contributed by atoms with Crippen molar-refractivity contribution in [1.82, 2.24) is 9.97 Å². The number of nitrogens with one attached hydrogen (secondary N) is 2. The molecule has 7 nitrogen and oxygen atoms in total. The monoisotopic (exact) mass is 197 g/mol. The van der Waals surface area contributed by atoms with Crippen LogP contribution < -0.4 is 11.2 Å². The summed E-state index contributed by atoms with van der Waals surface area (Å²) >= 11 is 0. The highest BCUT2D eigenvalue weighted by Gasteiger charge is 1.94. The first kappa shape index (κ1) is 9.90. The lowest BCUT2D eigenvalue weighted by atomic mass is 10.4. The second-order valence-corrected chi connectivity index (χ2v) is 2.41. The average Bonchev–Trinajstić information content (AvgIpc) is 2.01. The van der Waals surface area contributed by atoms with Gasteiger partial charge in [0.2, 0.25) is 0 Å². The van der Waals surface area contributed by atoms with Crippen LogP contribution in [0, 0.1) is 0 Å². The third-order valence-corrected chi connectivity index (χ3v) is 1.24. The molecule has 0 spiro atoms. The van der Waals surface area contributed by atoms with Crippen LogP contribution in [0.1, 0.15) is 5.69 Å². The van der Waals surface area contributed by atoms with Crippen LogP contribution in [0.4, 0.5) is 0 Å². The number of aromatic nitrogens is 2. The summed E-state index contributed by atoms with van der Waals surface area (Å²) < 4.78 is 0. The van der Waals surface area contributed by atoms with Crippen molar-refractivity contribution >= 4 is 12.2 Å². The Hall–Kier alpha value is -2.18. The summed E-state index contributed by atoms with van der Waals surface area (Å²) in [4.78, 5) is 39.3. The molecule has 0 fully saturated rings. The quantitative estimate of drug-likeness (QED) is 0.515. The van der Waals surface area contributed by atoms with Gasteiger partial charge in [-0.1, -0.05) is 0 Å². The van der Waals surface area contributed by atoms with E-state index in [0.717, 1.165) is 12.3 Å². The van der Waals surface area contributed by atoms with E-state index in [1.807, 2.05) is 4.98 Å². The molecule has 0 aromatic carbocycles. The Labute approximate surface area is 77.1 Å². The fraction of sp³-hybridized carbons (Fsp3) is 0.143. The maximum atomic E-state index is 10.8. The molecule has 0 bridgehead atoms. The zero-order valence-corrected chi connectivity index (χ0v) is 6.98. The molecule has 0 unspecified atom stereocenters. The number of aliphatic carboxylic acids is 1. The van der Waals surface area contributed by atoms with Crippen molar-refractivity contribution < 1.29 is 9.90 Å². The minimum absolute atomic E-state index is 0.167. The van der Waals surface area contributed by atoms with E-state index in [2.05, 4.69) is 9.98 Å². The van der Waals surface area contributed by atoms with Crippen molar-refractivity contribution in [2.24, 2.45) is 4.99 Å². The number of hydrogen-bond donors (Lipinski definition) is 3. The number of rotatable bonds is 3. The highest BCUT2D eigenvalue weighted by molar-refractivity contribution is 5.79. The van der Waals surface area contributed by atoms with Crippen LogP contribution in [0.5, 0.6) is 0 Å². The molecule has 0 saturated heterocycles. The molecule has 7 heteroatoms. The summed E-state index contributed by atoms with van der Waals surface area (Å²) in [7, 11) is 0. The molecule has 1 aromatic heterocycles. The van der Waals surface area contributed by atoms with E-state index < -0.39 is 23.8 Å². The van der Waals surface area contributed by atoms with Gasteiger partial charge in [-0.3, -0.25) is 19.6 Å². The van der Waals surface area contributed by atoms with E-state index in [9.17, 15) is 14.4 Å². The fourth-order valence-electron chi connectivity index (χ4n) is 0.779. The maximum absolute atomic E-state index is 10.8. The van der Waals surface area contributed by atoms with Crippen molar-refractivity contribution in [1.29, 1.82) is 0 Å². The van der Waals surface area contributed by atoms with Gasteiger partial charge < -0.3 is 10.1 Å². The van der Waals surface area contributed by atoms with Gasteiger partial charge >= 0.3 is 11.7 Å². The molecule has 0 aliphatic heterocycles. The number of aromatic amines is 2. The van der Waals surface area contributed by atoms with Crippen LogP contribution in [0.3, 0.4) is 0 Å². The van der Waals surface area contributed by atoms with E-state index in [0.29, 0.717) is 0 Å². The number of aliphatic imine (C=N–C) groups is 1. The standard InChI is InChI=1S/C7H7N3O4/c11-5-1-4(9-7(14)10-5)2-8-3-6(12)13/h1-2H,3H2,(H,12,13)(H2,9,10,11,14). The second-order valence-electron chi connectivity index (χ2n) is 2.41. The lowest BCUT2D eigenvalue weighted by molar-refractivity contribution is -0.135. The summed E-state index contributed by atoms with van der Waals surface area (Å²) in [5.41, 5.74) is -1.06. The van der Waals surface area contributed by atoms with Gasteiger partial charge in [-0.25, -0.2) is 4.79 Å². The topological polar surface area (TPSA) is 115 Å². The molecule has 0 aliphatic carbocycles. The summed E-state index contributed by atoms with van der Waals surface area (Å²) in [5.74, 6) is -1.09. The number of hydrogen-bond acceptors (Lipinski definition) is 4. The van der Waals surface area contributed by atoms with Crippen LogP contribution in [-0.2, 0) is 4.79 Å². The van der Waals surface area contributed by atoms with Gasteiger partial charge in [-0.2, -0.15) is 0 Å². The lowest BCUT2D eigenvalue weighted by Gasteiger charge is -1.90. The van der Waals surface area contributed by atoms with Crippen molar-refractivity contribution in [2.75, 3.05) is 6.54 Å². The normalized spacial score (nSPS) is 10.6. The summed E-state index contributed by atoms with van der Waals surface area (Å²) in [6, 6.07) is 1.10. The van der Waals surface area contributed by atoms with Gasteiger partial charge in [0.25, 0.3) is 5.56 Å². The smallest absolute Gasteiger partial charge is 0.326 e. The van der Waals surface area contributed by atoms with Crippen LogP contribution in [-0.4, -0.2) is 33.8 Å². The lowest BCUT2D eigenvalue weighted by Crippen LogP contribution is -2.22. The molecule has 0 saturated carbocycles. The number of carboxylic acid groups (broad SMARTS) is 1. The summed E-state index contributed by atoms with van der Waals surface area (Å²) in [6.07, 6.45) is 1.12. The molecule has 1 aromatic rings. The molecular formula is C7H7N3O4. The third kappa shape index (κ3) is 3.05. The highest BCUT2D eigenvalue weighted by Crippen LogP contribution is 1.79. The Morgan fingerprint density at radius 3 is 2.79 bits per heavy atom. The molecule has 0 aliphatic rings. The van der Waals surface area contributed by atoms with Gasteiger partial charge in [0, 0.05) is 12.3 Å². The summed E-state index contributed by atoms with van der Waals surface area (Å²) in [5, 5.41) is 8.25. The molecule has 0 radical (unpaired) electrons. The predicted molar refractivity (Wildman–Crippen MR) is 47.8 cm³/mol. The van der Waals surface area contributed by atoms with Crippen molar-refractivity contribution in [3.63, 3.8) is 0 Å². The van der Waals surface area contributed by atoms with Gasteiger partial charge in [-0.05, 0) is 0 Å². The number of carboxylic acids is 1. The van der Waals surface area contributed by atoms with E-state index >= 15 is 0 Å². The Balaban J connectivity index is 2.87. The van der Waals surface area contributed by atoms with Gasteiger partial charge in [0.1, 0.15) is 6.54 Å². The Morgan fingerprint density at radius 1 is 1.50 bits per heavy atom. The third-order valence-electron chi connectivity index (χ3n) is 1.24. The van der Waals surface area contributed by atoms with E-state index in [1.165, 1.54) is 0 Å². The van der Waals surface area contributed by atoms with Crippen LogP contribution in [0.25, 0.3) is 0 Å². The van der Waals surface area contributed by atoms with Crippen molar-refractivity contribution in [2.45, 2.75) is 0 Å². The van der Waals surface area contributed by atoms with Crippen LogP contribution >= 0.6 is 0 Å². The maximum Gasteiger partial charge on any atom is 0.326 e. The van der Waals surface area contributed by atoms with Gasteiger partial charge in [0.05, 0.1) is 5.69 Å². The zero-order chi connectivity index (χ0) is 10.6. The zero-order valence-electron chi connectivity index (χ0n) is 6.98. The molecule has 74 valence electrons. The largest absolute Gasteiger partial charge is 0.480 e. The van der Waals surface area contributed by atoms with E-state index in [4.69, 9.17) is 5.11 Å². The molecule has 0 amide bonds. The van der Waals surface area contributed by atoms with Crippen LogP contribution in [0.15, 0.2) is 20.6 Å². The Bertz CT molecular complexity index is 442. The Morgan fingerprint density at radius 2 is 2.21 bits per heavy atom. The van der Waals surface area contributed by atoms with Crippen molar-refractivity contribution in [3.8, 4) is 0 Å². The first-order valence-electron chi connectivity index (χ1n) is 3.63. The molecule has 3 N–H and O–H groups in total. The molecule has 1 rings (SSSR count). The average molecular weight is 197 g/mol. The number of nitrogens with zero attached hydrogens (tertiary/aromatic N) is 1. The minimum Gasteiger partial charge on any atom is -0.480 e. The molecular weight excluding hydrogens is 190 g/mol. The van der Waals surface area contributed by atoms with Gasteiger partial charge in [-0.15, -0.1) is 0 Å². The number of carbonyl (C=O) groups is 1. The van der Waals surface area contributed by atoms with E-state index in [1.54, 1.807) is 0 Å². The Kier molecular flexibility index (Phi) is 2.95. The first-order valence-corrected chi connectivity index (χ1v) is 3.63. The fourth-order valence-corrected chi connectivity index (χ4v) is 0.779. The summed E-state index contributed by atoms with van der Waals surface area (Å²) in [6.45, 7) is -0.408. The second kappa shape index (κ2) is 4.17. The van der Waals surface area contributed by atoms with E-state index in [-0.39, 0.29) is 5.69 Å². The minimum atomic E-state index is -1.09. The highest BCUT2D eigenvalue weighted by atomic mass is 16.4. The van der Waals surface area contributed by atoms with Crippen LogP contribution in [0.2, 0.25) is 0 Å².